The average molecular weight is 435 g/mol. The maximum absolute atomic E-state index is 12.6. The quantitative estimate of drug-likeness (QED) is 0.612. The Balaban J connectivity index is 0.00000364. The molecule has 0 aromatic heterocycles. The van der Waals surface area contributed by atoms with Crippen LogP contribution in [0.15, 0.2) is 34.1 Å². The monoisotopic (exact) mass is 434 g/mol. The SMILES string of the molecule is CCCS(=O)(=O)c1ccccc1SC(C)C(=O)NC1CCCCC1CN.Cl. The van der Waals surface area contributed by atoms with Gasteiger partial charge >= 0.3 is 0 Å². The molecule has 3 N–H and O–H groups in total. The Labute approximate surface area is 173 Å². The van der Waals surface area contributed by atoms with Crippen LogP contribution in [-0.4, -0.2) is 37.9 Å². The third-order valence-electron chi connectivity index (χ3n) is 4.87. The van der Waals surface area contributed by atoms with E-state index in [0.29, 0.717) is 28.7 Å². The van der Waals surface area contributed by atoms with Crippen molar-refractivity contribution in [3.05, 3.63) is 24.3 Å². The molecule has 1 fully saturated rings. The van der Waals surface area contributed by atoms with Crippen molar-refractivity contribution in [3.63, 3.8) is 0 Å². The van der Waals surface area contributed by atoms with Gasteiger partial charge in [-0.2, -0.15) is 0 Å². The van der Waals surface area contributed by atoms with Crippen molar-refractivity contribution in [2.24, 2.45) is 11.7 Å². The van der Waals surface area contributed by atoms with Gasteiger partial charge in [0.2, 0.25) is 5.91 Å². The number of hydrogen-bond donors (Lipinski definition) is 2. The number of hydrogen-bond acceptors (Lipinski definition) is 5. The van der Waals surface area contributed by atoms with E-state index in [0.717, 1.165) is 19.3 Å². The van der Waals surface area contributed by atoms with Crippen LogP contribution in [-0.2, 0) is 14.6 Å². The molecule has 0 heterocycles. The molecule has 0 radical (unpaired) electrons. The molecule has 154 valence electrons. The predicted molar refractivity (Wildman–Crippen MR) is 114 cm³/mol. The third kappa shape index (κ3) is 6.66. The minimum Gasteiger partial charge on any atom is -0.352 e. The van der Waals surface area contributed by atoms with Crippen LogP contribution < -0.4 is 11.1 Å². The first-order valence-corrected chi connectivity index (χ1v) is 11.9. The highest BCUT2D eigenvalue weighted by atomic mass is 35.5. The molecule has 1 saturated carbocycles. The minimum atomic E-state index is -3.32. The van der Waals surface area contributed by atoms with E-state index in [1.165, 1.54) is 18.2 Å². The van der Waals surface area contributed by atoms with Crippen LogP contribution in [0, 0.1) is 5.92 Å². The summed E-state index contributed by atoms with van der Waals surface area (Å²) in [6.45, 7) is 4.26. The van der Waals surface area contributed by atoms with Crippen molar-refractivity contribution >= 4 is 39.9 Å². The molecule has 1 aliphatic rings. The lowest BCUT2D eigenvalue weighted by Gasteiger charge is -2.32. The number of sulfone groups is 1. The van der Waals surface area contributed by atoms with E-state index >= 15 is 0 Å². The smallest absolute Gasteiger partial charge is 0.233 e. The van der Waals surface area contributed by atoms with Crippen molar-refractivity contribution in [1.29, 1.82) is 0 Å². The number of carbonyl (C=O) groups is 1. The lowest BCUT2D eigenvalue weighted by atomic mass is 9.84. The number of amides is 1. The standard InChI is InChI=1S/C19H30N2O3S2.ClH/c1-3-12-26(23,24)18-11-7-6-10-17(18)25-14(2)19(22)21-16-9-5-4-8-15(16)13-20;/h6-7,10-11,14-16H,3-5,8-9,12-13,20H2,1-2H3,(H,21,22);1H. The lowest BCUT2D eigenvalue weighted by molar-refractivity contribution is -0.121. The van der Waals surface area contributed by atoms with Crippen LogP contribution in [0.5, 0.6) is 0 Å². The molecule has 0 saturated heterocycles. The summed E-state index contributed by atoms with van der Waals surface area (Å²) in [4.78, 5) is 13.6. The van der Waals surface area contributed by atoms with Crippen LogP contribution in [0.1, 0.15) is 46.0 Å². The second-order valence-electron chi connectivity index (χ2n) is 6.92. The number of halogens is 1. The number of nitrogens with two attached hydrogens (primary N) is 1. The van der Waals surface area contributed by atoms with E-state index in [4.69, 9.17) is 5.73 Å². The van der Waals surface area contributed by atoms with Crippen molar-refractivity contribution in [2.45, 2.75) is 67.0 Å². The molecule has 5 nitrogen and oxygen atoms in total. The Morgan fingerprint density at radius 3 is 2.63 bits per heavy atom. The summed E-state index contributed by atoms with van der Waals surface area (Å²) >= 11 is 1.31. The molecule has 0 aliphatic heterocycles. The van der Waals surface area contributed by atoms with Gasteiger partial charge in [0.15, 0.2) is 9.84 Å². The molecular formula is C19H31ClN2O3S2. The predicted octanol–water partition coefficient (Wildman–Crippen LogP) is 3.41. The van der Waals surface area contributed by atoms with Gasteiger partial charge in [0, 0.05) is 10.9 Å². The van der Waals surface area contributed by atoms with Crippen molar-refractivity contribution in [1.82, 2.24) is 5.32 Å². The molecule has 1 aliphatic carbocycles. The number of nitrogens with one attached hydrogen (secondary N) is 1. The fourth-order valence-electron chi connectivity index (χ4n) is 3.41. The van der Waals surface area contributed by atoms with E-state index in [-0.39, 0.29) is 35.4 Å². The van der Waals surface area contributed by atoms with Crippen molar-refractivity contribution in [3.8, 4) is 0 Å². The Morgan fingerprint density at radius 2 is 1.96 bits per heavy atom. The highest BCUT2D eigenvalue weighted by Crippen LogP contribution is 2.31. The number of rotatable bonds is 8. The first kappa shape index (κ1) is 24.3. The van der Waals surface area contributed by atoms with Gasteiger partial charge in [-0.3, -0.25) is 4.79 Å². The molecule has 1 aromatic carbocycles. The molecular weight excluding hydrogens is 404 g/mol. The topological polar surface area (TPSA) is 89.3 Å². The van der Waals surface area contributed by atoms with Gasteiger partial charge in [0.05, 0.1) is 15.9 Å². The second-order valence-corrected chi connectivity index (χ2v) is 10.4. The van der Waals surface area contributed by atoms with E-state index in [1.807, 2.05) is 19.9 Å². The number of benzene rings is 1. The van der Waals surface area contributed by atoms with E-state index in [9.17, 15) is 13.2 Å². The van der Waals surface area contributed by atoms with Gasteiger partial charge < -0.3 is 11.1 Å². The molecule has 1 aromatic rings. The maximum atomic E-state index is 12.6. The number of carbonyl (C=O) groups excluding carboxylic acids is 1. The van der Waals surface area contributed by atoms with Crippen molar-refractivity contribution < 1.29 is 13.2 Å². The van der Waals surface area contributed by atoms with E-state index < -0.39 is 9.84 Å². The largest absolute Gasteiger partial charge is 0.352 e. The highest BCUT2D eigenvalue weighted by Gasteiger charge is 2.28. The molecule has 1 amide bonds. The Morgan fingerprint density at radius 1 is 1.30 bits per heavy atom. The van der Waals surface area contributed by atoms with Gasteiger partial charge in [-0.25, -0.2) is 8.42 Å². The Bertz CT molecular complexity index is 713. The van der Waals surface area contributed by atoms with Crippen LogP contribution in [0.2, 0.25) is 0 Å². The van der Waals surface area contributed by atoms with Gasteiger partial charge in [0.1, 0.15) is 0 Å². The maximum Gasteiger partial charge on any atom is 0.233 e. The first-order chi connectivity index (χ1) is 12.4. The fourth-order valence-corrected chi connectivity index (χ4v) is 6.25. The molecule has 27 heavy (non-hydrogen) atoms. The second kappa shape index (κ2) is 11.3. The van der Waals surface area contributed by atoms with Crippen LogP contribution >= 0.6 is 24.2 Å². The summed E-state index contributed by atoms with van der Waals surface area (Å²) in [7, 11) is -3.32. The zero-order valence-electron chi connectivity index (χ0n) is 16.0. The molecule has 0 bridgehead atoms. The van der Waals surface area contributed by atoms with E-state index in [2.05, 4.69) is 5.32 Å². The molecule has 8 heteroatoms. The fraction of sp³-hybridized carbons (Fsp3) is 0.632. The number of thioether (sulfide) groups is 1. The minimum absolute atomic E-state index is 0. The molecule has 3 atom stereocenters. The zero-order chi connectivity index (χ0) is 19.2. The van der Waals surface area contributed by atoms with Gasteiger partial charge in [0.25, 0.3) is 0 Å². The molecule has 2 rings (SSSR count). The summed E-state index contributed by atoms with van der Waals surface area (Å²) in [5, 5.41) is 2.77. The summed E-state index contributed by atoms with van der Waals surface area (Å²) in [6, 6.07) is 7.07. The Kier molecular flexibility index (Phi) is 10.2. The van der Waals surface area contributed by atoms with Gasteiger partial charge in [-0.05, 0) is 50.8 Å². The van der Waals surface area contributed by atoms with Crippen LogP contribution in [0.25, 0.3) is 0 Å². The highest BCUT2D eigenvalue weighted by molar-refractivity contribution is 8.01. The molecule has 0 spiro atoms. The molecule has 3 unspecified atom stereocenters. The summed E-state index contributed by atoms with van der Waals surface area (Å²) in [6.07, 6.45) is 4.87. The summed E-state index contributed by atoms with van der Waals surface area (Å²) in [5.74, 6) is 0.399. The lowest BCUT2D eigenvalue weighted by Crippen LogP contribution is -2.47. The van der Waals surface area contributed by atoms with Gasteiger partial charge in [-0.15, -0.1) is 24.2 Å². The average Bonchev–Trinajstić information content (AvgIpc) is 2.62. The van der Waals surface area contributed by atoms with Crippen molar-refractivity contribution in [2.75, 3.05) is 12.3 Å². The first-order valence-electron chi connectivity index (χ1n) is 9.38. The summed E-state index contributed by atoms with van der Waals surface area (Å²) in [5.41, 5.74) is 5.84. The van der Waals surface area contributed by atoms with Crippen LogP contribution in [0.3, 0.4) is 0 Å². The zero-order valence-corrected chi connectivity index (χ0v) is 18.5. The van der Waals surface area contributed by atoms with Crippen LogP contribution in [0.4, 0.5) is 0 Å². The normalized spacial score (nSPS) is 21.1. The van der Waals surface area contributed by atoms with Gasteiger partial charge in [-0.1, -0.05) is 31.9 Å². The third-order valence-corrected chi connectivity index (χ3v) is 8.15. The Hall–Kier alpha value is -0.760. The van der Waals surface area contributed by atoms with E-state index in [1.54, 1.807) is 18.2 Å². The summed E-state index contributed by atoms with van der Waals surface area (Å²) < 4.78 is 25.0.